The molecule has 0 aliphatic carbocycles. The van der Waals surface area contributed by atoms with Crippen LogP contribution in [0.15, 0.2) is 46.5 Å². The van der Waals surface area contributed by atoms with Crippen molar-refractivity contribution < 1.29 is 28.3 Å². The average molecular weight is 389 g/mol. The smallest absolute Gasteiger partial charge is 0.374 e. The molecule has 0 spiro atoms. The highest BCUT2D eigenvalue weighted by Crippen LogP contribution is 2.23. The van der Waals surface area contributed by atoms with E-state index in [1.54, 1.807) is 40.7 Å². The third-order valence-corrected chi connectivity index (χ3v) is 4.28. The molecule has 0 bridgehead atoms. The van der Waals surface area contributed by atoms with E-state index < -0.39 is 24.5 Å². The molecule has 140 valence electrons. The highest BCUT2D eigenvalue weighted by Gasteiger charge is 2.18. The lowest BCUT2D eigenvalue weighted by atomic mass is 10.4. The monoisotopic (exact) mass is 389 g/mol. The number of carbonyl (C=O) groups is 3. The number of thiophene rings is 1. The number of anilines is 1. The summed E-state index contributed by atoms with van der Waals surface area (Å²) < 4.78 is 16.6. The second-order valence-electron chi connectivity index (χ2n) is 5.25. The third-order valence-electron chi connectivity index (χ3n) is 3.38. The van der Waals surface area contributed by atoms with Crippen molar-refractivity contribution in [3.8, 4) is 0 Å². The van der Waals surface area contributed by atoms with Gasteiger partial charge < -0.3 is 19.2 Å². The minimum Gasteiger partial charge on any atom is -0.465 e. The Kier molecular flexibility index (Phi) is 5.67. The van der Waals surface area contributed by atoms with Crippen LogP contribution in [0.3, 0.4) is 0 Å². The lowest BCUT2D eigenvalue weighted by Gasteiger charge is -2.06. The summed E-state index contributed by atoms with van der Waals surface area (Å²) in [6.45, 7) is -0.153. The predicted molar refractivity (Wildman–Crippen MR) is 94.6 cm³/mol. The van der Waals surface area contributed by atoms with Crippen molar-refractivity contribution in [1.82, 2.24) is 9.78 Å². The highest BCUT2D eigenvalue weighted by atomic mass is 32.1. The van der Waals surface area contributed by atoms with Crippen molar-refractivity contribution >= 4 is 34.9 Å². The van der Waals surface area contributed by atoms with E-state index in [4.69, 9.17) is 9.15 Å². The van der Waals surface area contributed by atoms with Gasteiger partial charge in [-0.15, -0.1) is 11.3 Å². The van der Waals surface area contributed by atoms with Gasteiger partial charge in [-0.05, 0) is 29.6 Å². The Morgan fingerprint density at radius 2 is 2.11 bits per heavy atom. The zero-order valence-corrected chi connectivity index (χ0v) is 15.0. The minimum absolute atomic E-state index is 0.0178. The first-order valence-electron chi connectivity index (χ1n) is 7.75. The Bertz CT molecular complexity index is 944. The second-order valence-corrected chi connectivity index (χ2v) is 6.17. The van der Waals surface area contributed by atoms with E-state index in [1.165, 1.54) is 13.2 Å². The Balaban J connectivity index is 1.52. The molecule has 0 fully saturated rings. The van der Waals surface area contributed by atoms with E-state index in [1.807, 2.05) is 0 Å². The number of rotatable bonds is 7. The van der Waals surface area contributed by atoms with Crippen LogP contribution in [-0.2, 0) is 20.8 Å². The van der Waals surface area contributed by atoms with Crippen LogP contribution in [0.25, 0.3) is 0 Å². The van der Waals surface area contributed by atoms with Crippen LogP contribution in [0, 0.1) is 0 Å². The maximum Gasteiger partial charge on any atom is 0.374 e. The lowest BCUT2D eigenvalue weighted by molar-refractivity contribution is -0.119. The van der Waals surface area contributed by atoms with E-state index in [9.17, 15) is 14.4 Å². The Morgan fingerprint density at radius 1 is 1.26 bits per heavy atom. The normalized spacial score (nSPS) is 10.4. The Hall–Kier alpha value is -3.40. The number of hydrogen-bond donors (Lipinski definition) is 1. The molecule has 0 radical (unpaired) electrons. The van der Waals surface area contributed by atoms with Gasteiger partial charge in [0.25, 0.3) is 5.91 Å². The number of carbonyl (C=O) groups excluding carboxylic acids is 3. The van der Waals surface area contributed by atoms with Gasteiger partial charge >= 0.3 is 11.9 Å². The zero-order chi connectivity index (χ0) is 19.2. The van der Waals surface area contributed by atoms with E-state index in [-0.39, 0.29) is 10.6 Å². The molecule has 3 aromatic rings. The molecule has 0 aliphatic rings. The van der Waals surface area contributed by atoms with Crippen LogP contribution in [0.2, 0.25) is 0 Å². The van der Waals surface area contributed by atoms with E-state index in [0.29, 0.717) is 18.0 Å². The molecule has 1 amide bonds. The summed E-state index contributed by atoms with van der Waals surface area (Å²) in [5.41, 5.74) is 0.299. The summed E-state index contributed by atoms with van der Waals surface area (Å²) >= 11 is 1.13. The molecule has 0 aromatic carbocycles. The van der Waals surface area contributed by atoms with Crippen LogP contribution < -0.4 is 5.32 Å². The summed E-state index contributed by atoms with van der Waals surface area (Å²) in [5, 5.41) is 8.18. The summed E-state index contributed by atoms with van der Waals surface area (Å²) in [6.07, 6.45) is 3.40. The molecular formula is C17H15N3O6S. The Morgan fingerprint density at radius 3 is 2.85 bits per heavy atom. The molecular weight excluding hydrogens is 374 g/mol. The molecule has 3 rings (SSSR count). The topological polar surface area (TPSA) is 113 Å². The van der Waals surface area contributed by atoms with Gasteiger partial charge in [-0.3, -0.25) is 9.48 Å². The van der Waals surface area contributed by atoms with Gasteiger partial charge in [-0.2, -0.15) is 5.10 Å². The van der Waals surface area contributed by atoms with Crippen LogP contribution in [0.4, 0.5) is 5.69 Å². The summed E-state index contributed by atoms with van der Waals surface area (Å²) in [6, 6.07) is 6.43. The number of hydrogen-bond acceptors (Lipinski definition) is 8. The molecule has 1 N–H and O–H groups in total. The van der Waals surface area contributed by atoms with Crippen molar-refractivity contribution in [3.05, 3.63) is 58.4 Å². The third kappa shape index (κ3) is 4.61. The number of amides is 1. The lowest BCUT2D eigenvalue weighted by Crippen LogP contribution is -2.21. The van der Waals surface area contributed by atoms with Gasteiger partial charge in [0.05, 0.1) is 19.3 Å². The summed E-state index contributed by atoms with van der Waals surface area (Å²) in [5.74, 6) is -1.41. The zero-order valence-electron chi connectivity index (χ0n) is 14.2. The number of nitrogens with one attached hydrogen (secondary N) is 1. The SMILES string of the molecule is COC(=O)c1sccc1NC(=O)COC(=O)c1ccc(Cn2cccn2)o1. The first-order chi connectivity index (χ1) is 13.1. The van der Waals surface area contributed by atoms with E-state index in [2.05, 4.69) is 15.2 Å². The van der Waals surface area contributed by atoms with Gasteiger partial charge in [0.2, 0.25) is 5.76 Å². The van der Waals surface area contributed by atoms with Gasteiger partial charge in [-0.1, -0.05) is 0 Å². The van der Waals surface area contributed by atoms with Gasteiger partial charge in [0, 0.05) is 12.4 Å². The van der Waals surface area contributed by atoms with Gasteiger partial charge in [0.1, 0.15) is 10.6 Å². The van der Waals surface area contributed by atoms with Crippen molar-refractivity contribution in [2.45, 2.75) is 6.54 Å². The first kappa shape index (κ1) is 18.4. The molecule has 9 nitrogen and oxygen atoms in total. The first-order valence-corrected chi connectivity index (χ1v) is 8.63. The molecule has 10 heteroatoms. The second kappa shape index (κ2) is 8.32. The molecule has 3 heterocycles. The number of nitrogens with zero attached hydrogens (tertiary/aromatic N) is 2. The fraction of sp³-hybridized carbons (Fsp3) is 0.176. The standard InChI is InChI=1S/C17H15N3O6S/c1-24-17(23)15-12(5-8-27-15)19-14(21)10-25-16(22)13-4-3-11(26-13)9-20-7-2-6-18-20/h2-8H,9-10H2,1H3,(H,19,21). The minimum atomic E-state index is -0.768. The maximum atomic E-state index is 12.0. The molecule has 0 unspecified atom stereocenters. The molecule has 0 atom stereocenters. The Labute approximate surface area is 157 Å². The number of ether oxygens (including phenoxy) is 2. The highest BCUT2D eigenvalue weighted by molar-refractivity contribution is 7.12. The number of esters is 2. The number of methoxy groups -OCH3 is 1. The van der Waals surface area contributed by atoms with Crippen LogP contribution in [-0.4, -0.2) is 41.3 Å². The molecule has 27 heavy (non-hydrogen) atoms. The van der Waals surface area contributed by atoms with Gasteiger partial charge in [0.15, 0.2) is 6.61 Å². The van der Waals surface area contributed by atoms with Crippen molar-refractivity contribution in [1.29, 1.82) is 0 Å². The summed E-state index contributed by atoms with van der Waals surface area (Å²) in [7, 11) is 1.25. The largest absolute Gasteiger partial charge is 0.465 e. The molecule has 0 aliphatic heterocycles. The maximum absolute atomic E-state index is 12.0. The van der Waals surface area contributed by atoms with Crippen molar-refractivity contribution in [2.24, 2.45) is 0 Å². The average Bonchev–Trinajstić information content (AvgIpc) is 3.41. The van der Waals surface area contributed by atoms with Crippen molar-refractivity contribution in [3.63, 3.8) is 0 Å². The van der Waals surface area contributed by atoms with E-state index >= 15 is 0 Å². The number of furan rings is 1. The van der Waals surface area contributed by atoms with Crippen LogP contribution >= 0.6 is 11.3 Å². The van der Waals surface area contributed by atoms with E-state index in [0.717, 1.165) is 11.3 Å². The fourth-order valence-corrected chi connectivity index (χ4v) is 2.94. The predicted octanol–water partition coefficient (Wildman–Crippen LogP) is 2.17. The van der Waals surface area contributed by atoms with Crippen LogP contribution in [0.1, 0.15) is 26.0 Å². The van der Waals surface area contributed by atoms with Crippen molar-refractivity contribution in [2.75, 3.05) is 19.0 Å². The van der Waals surface area contributed by atoms with Crippen LogP contribution in [0.5, 0.6) is 0 Å². The quantitative estimate of drug-likeness (QED) is 0.616. The number of aromatic nitrogens is 2. The molecule has 0 saturated carbocycles. The molecule has 0 saturated heterocycles. The van der Waals surface area contributed by atoms with Gasteiger partial charge in [-0.25, -0.2) is 9.59 Å². The molecule has 3 aromatic heterocycles. The fourth-order valence-electron chi connectivity index (χ4n) is 2.17. The summed E-state index contributed by atoms with van der Waals surface area (Å²) in [4.78, 5) is 35.8.